The van der Waals surface area contributed by atoms with Crippen LogP contribution in [0.15, 0.2) is 176 Å². The predicted molar refractivity (Wildman–Crippen MR) is 216 cm³/mol. The number of benzene rings is 8. The van der Waals surface area contributed by atoms with Gasteiger partial charge in [0.05, 0.1) is 0 Å². The Balaban J connectivity index is 1.24. The lowest BCUT2D eigenvalue weighted by molar-refractivity contribution is 0.661. The van der Waals surface area contributed by atoms with E-state index in [0.29, 0.717) is 0 Å². The van der Waals surface area contributed by atoms with Gasteiger partial charge >= 0.3 is 0 Å². The zero-order valence-electron chi connectivity index (χ0n) is 29.1. The Kier molecular flexibility index (Phi) is 6.84. The van der Waals surface area contributed by atoms with Gasteiger partial charge in [0.25, 0.3) is 0 Å². The van der Waals surface area contributed by atoms with Crippen molar-refractivity contribution in [3.63, 3.8) is 0 Å². The van der Waals surface area contributed by atoms with Gasteiger partial charge in [-0.15, -0.1) is 10.2 Å². The van der Waals surface area contributed by atoms with Crippen LogP contribution < -0.4 is 0 Å². The van der Waals surface area contributed by atoms with Gasteiger partial charge in [-0.3, -0.25) is 4.57 Å². The fraction of sp³-hybridized carbons (Fsp3) is 0.0612. The minimum Gasteiger partial charge on any atom is -0.275 e. The summed E-state index contributed by atoms with van der Waals surface area (Å²) in [6, 6.07) is 63.3. The first-order chi connectivity index (χ1) is 25.6. The number of hydrogen-bond donors (Lipinski definition) is 0. The second-order valence-corrected chi connectivity index (χ2v) is 14.2. The average Bonchev–Trinajstić information content (AvgIpc) is 3.74. The van der Waals surface area contributed by atoms with Gasteiger partial charge in [0.2, 0.25) is 0 Å². The number of aromatic nitrogens is 3. The molecule has 10 rings (SSSR count). The van der Waals surface area contributed by atoms with E-state index in [0.717, 1.165) is 28.5 Å². The van der Waals surface area contributed by atoms with E-state index >= 15 is 0 Å². The van der Waals surface area contributed by atoms with Crippen LogP contribution in [0.25, 0.3) is 83.4 Å². The molecule has 246 valence electrons. The van der Waals surface area contributed by atoms with Crippen LogP contribution in [0.5, 0.6) is 0 Å². The van der Waals surface area contributed by atoms with E-state index in [2.05, 4.69) is 158 Å². The van der Waals surface area contributed by atoms with Crippen LogP contribution in [0.1, 0.15) is 25.0 Å². The summed E-state index contributed by atoms with van der Waals surface area (Å²) < 4.78 is 2.18. The second kappa shape index (κ2) is 11.8. The molecule has 3 nitrogen and oxygen atoms in total. The fourth-order valence-corrected chi connectivity index (χ4v) is 8.45. The average molecular weight is 666 g/mol. The van der Waals surface area contributed by atoms with Crippen molar-refractivity contribution in [2.45, 2.75) is 19.3 Å². The van der Waals surface area contributed by atoms with E-state index in [4.69, 9.17) is 10.2 Å². The maximum atomic E-state index is 4.72. The van der Waals surface area contributed by atoms with Crippen LogP contribution in [-0.4, -0.2) is 14.8 Å². The molecule has 1 aliphatic carbocycles. The zero-order chi connectivity index (χ0) is 34.8. The van der Waals surface area contributed by atoms with Crippen molar-refractivity contribution in [1.29, 1.82) is 0 Å². The summed E-state index contributed by atoms with van der Waals surface area (Å²) in [7, 11) is 0. The van der Waals surface area contributed by atoms with E-state index < -0.39 is 0 Å². The van der Waals surface area contributed by atoms with Crippen molar-refractivity contribution in [2.24, 2.45) is 0 Å². The molecule has 0 N–H and O–H groups in total. The van der Waals surface area contributed by atoms with Crippen molar-refractivity contribution < 1.29 is 0 Å². The Labute approximate surface area is 303 Å². The highest BCUT2D eigenvalue weighted by atomic mass is 15.3. The first kappa shape index (κ1) is 30.3. The summed E-state index contributed by atoms with van der Waals surface area (Å²) in [4.78, 5) is 0. The fourth-order valence-electron chi connectivity index (χ4n) is 8.45. The SMILES string of the molecule is CC1(C)c2ccccc2-c2cc3c(-c4ccccc4)c4ccccc4c(-c4ccc(-n5c(-c6ccccc6)nnc5-c5ccccc5)cc4)c3cc21. The van der Waals surface area contributed by atoms with Crippen LogP contribution >= 0.6 is 0 Å². The highest BCUT2D eigenvalue weighted by molar-refractivity contribution is 6.22. The molecule has 1 aliphatic rings. The van der Waals surface area contributed by atoms with Crippen molar-refractivity contribution in [1.82, 2.24) is 14.8 Å². The monoisotopic (exact) mass is 665 g/mol. The number of fused-ring (bicyclic) bond motifs is 5. The molecule has 0 spiro atoms. The van der Waals surface area contributed by atoms with Gasteiger partial charge in [0, 0.05) is 22.2 Å². The van der Waals surface area contributed by atoms with Crippen molar-refractivity contribution >= 4 is 21.5 Å². The molecule has 52 heavy (non-hydrogen) atoms. The summed E-state index contributed by atoms with van der Waals surface area (Å²) in [5.41, 5.74) is 13.3. The predicted octanol–water partition coefficient (Wildman–Crippen LogP) is 12.5. The molecule has 0 amide bonds. The summed E-state index contributed by atoms with van der Waals surface area (Å²) in [5, 5.41) is 14.5. The van der Waals surface area contributed by atoms with E-state index in [1.165, 1.54) is 66.1 Å². The molecule has 1 aromatic heterocycles. The second-order valence-electron chi connectivity index (χ2n) is 14.2. The van der Waals surface area contributed by atoms with Crippen LogP contribution in [-0.2, 0) is 5.41 Å². The zero-order valence-corrected chi connectivity index (χ0v) is 29.1. The molecule has 0 atom stereocenters. The highest BCUT2D eigenvalue weighted by Crippen LogP contribution is 2.53. The van der Waals surface area contributed by atoms with Crippen molar-refractivity contribution in [3.8, 4) is 61.8 Å². The molecule has 0 aliphatic heterocycles. The first-order valence-electron chi connectivity index (χ1n) is 17.9. The maximum Gasteiger partial charge on any atom is 0.168 e. The standard InChI is InChI=1S/C49H35N3/c1-49(2)43-25-15-14-22-37(43)40-30-41-42(31-44(40)49)46(39-24-13-12-23-38(39)45(41)32-16-6-3-7-17-32)33-26-28-36(29-27-33)52-47(34-18-8-4-9-19-34)50-51-48(52)35-20-10-5-11-21-35/h3-31H,1-2H3. The third kappa shape index (κ3) is 4.59. The summed E-state index contributed by atoms with van der Waals surface area (Å²) in [6.07, 6.45) is 0. The van der Waals surface area contributed by atoms with Gasteiger partial charge in [0.15, 0.2) is 11.6 Å². The molecule has 8 aromatic carbocycles. The summed E-state index contributed by atoms with van der Waals surface area (Å²) in [6.45, 7) is 4.73. The Morgan fingerprint density at radius 2 is 0.846 bits per heavy atom. The lowest BCUT2D eigenvalue weighted by Gasteiger charge is -2.24. The minimum absolute atomic E-state index is 0.115. The molecule has 9 aromatic rings. The Morgan fingerprint density at radius 1 is 0.385 bits per heavy atom. The van der Waals surface area contributed by atoms with Crippen molar-refractivity contribution in [2.75, 3.05) is 0 Å². The molecule has 0 bridgehead atoms. The Morgan fingerprint density at radius 3 is 1.42 bits per heavy atom. The van der Waals surface area contributed by atoms with Gasteiger partial charge in [-0.2, -0.15) is 0 Å². The topological polar surface area (TPSA) is 30.7 Å². The van der Waals surface area contributed by atoms with Gasteiger partial charge in [-0.1, -0.05) is 166 Å². The van der Waals surface area contributed by atoms with E-state index in [1.807, 2.05) is 36.4 Å². The molecule has 0 saturated heterocycles. The van der Waals surface area contributed by atoms with Crippen LogP contribution in [0.4, 0.5) is 0 Å². The molecule has 3 heteroatoms. The van der Waals surface area contributed by atoms with E-state index in [1.54, 1.807) is 0 Å². The van der Waals surface area contributed by atoms with Gasteiger partial charge in [0.1, 0.15) is 0 Å². The number of hydrogen-bond acceptors (Lipinski definition) is 2. The lowest BCUT2D eigenvalue weighted by Crippen LogP contribution is -2.14. The number of rotatable bonds is 5. The molecule has 0 unspecified atom stereocenters. The van der Waals surface area contributed by atoms with E-state index in [9.17, 15) is 0 Å². The smallest absolute Gasteiger partial charge is 0.168 e. The highest BCUT2D eigenvalue weighted by Gasteiger charge is 2.36. The molecule has 0 fully saturated rings. The Hall–Kier alpha value is -6.58. The van der Waals surface area contributed by atoms with Crippen LogP contribution in [0.3, 0.4) is 0 Å². The molecule has 1 heterocycles. The molecular weight excluding hydrogens is 631 g/mol. The summed E-state index contributed by atoms with van der Waals surface area (Å²) >= 11 is 0. The quantitative estimate of drug-likeness (QED) is 0.171. The Bertz CT molecular complexity index is 2720. The molecule has 0 saturated carbocycles. The molecular formula is C49H35N3. The minimum atomic E-state index is -0.115. The van der Waals surface area contributed by atoms with Gasteiger partial charge < -0.3 is 0 Å². The maximum absolute atomic E-state index is 4.72. The summed E-state index contributed by atoms with van der Waals surface area (Å²) in [5.74, 6) is 1.63. The lowest BCUT2D eigenvalue weighted by atomic mass is 9.79. The number of nitrogens with zero attached hydrogens (tertiary/aromatic N) is 3. The van der Waals surface area contributed by atoms with Crippen molar-refractivity contribution in [3.05, 3.63) is 187 Å². The van der Waals surface area contributed by atoms with Gasteiger partial charge in [-0.25, -0.2) is 0 Å². The largest absolute Gasteiger partial charge is 0.275 e. The normalized spacial score (nSPS) is 13.0. The first-order valence-corrected chi connectivity index (χ1v) is 17.9. The van der Waals surface area contributed by atoms with Crippen LogP contribution in [0, 0.1) is 0 Å². The van der Waals surface area contributed by atoms with Gasteiger partial charge in [-0.05, 0) is 90.3 Å². The van der Waals surface area contributed by atoms with E-state index in [-0.39, 0.29) is 5.41 Å². The third-order valence-corrected chi connectivity index (χ3v) is 10.9. The van der Waals surface area contributed by atoms with Crippen LogP contribution in [0.2, 0.25) is 0 Å². The third-order valence-electron chi connectivity index (χ3n) is 10.9. The molecule has 0 radical (unpaired) electrons.